The van der Waals surface area contributed by atoms with Crippen LogP contribution in [0.3, 0.4) is 0 Å². The molecule has 9 nitrogen and oxygen atoms in total. The third kappa shape index (κ3) is 4.85. The minimum absolute atomic E-state index is 0.137. The number of aryl methyl sites for hydroxylation is 1. The van der Waals surface area contributed by atoms with E-state index in [0.717, 1.165) is 22.9 Å². The number of nitro benzene ring substituents is 1. The number of nitrogens with zero attached hydrogens (tertiary/aromatic N) is 5. The van der Waals surface area contributed by atoms with E-state index in [-0.39, 0.29) is 11.4 Å². The SMILES string of the molecule is C=CCn1nnnc1SC(C(=O)Nc1ccc(C)cc1[N+](=O)[O-])c1ccccc1. The summed E-state index contributed by atoms with van der Waals surface area (Å²) in [6.45, 7) is 5.81. The highest BCUT2D eigenvalue weighted by molar-refractivity contribution is 8.00. The van der Waals surface area contributed by atoms with Gasteiger partial charge in [-0.3, -0.25) is 14.9 Å². The van der Waals surface area contributed by atoms with Gasteiger partial charge in [-0.15, -0.1) is 11.7 Å². The number of aromatic nitrogens is 4. The van der Waals surface area contributed by atoms with Crippen LogP contribution in [-0.2, 0) is 11.3 Å². The molecule has 1 amide bonds. The second-order valence-electron chi connectivity index (χ2n) is 6.11. The van der Waals surface area contributed by atoms with Gasteiger partial charge in [-0.05, 0) is 34.5 Å². The molecule has 1 unspecified atom stereocenters. The van der Waals surface area contributed by atoms with Crippen LogP contribution >= 0.6 is 11.8 Å². The number of carbonyl (C=O) groups excluding carboxylic acids is 1. The number of hydrogen-bond donors (Lipinski definition) is 1. The molecule has 1 N–H and O–H groups in total. The number of nitrogens with one attached hydrogen (secondary N) is 1. The van der Waals surface area contributed by atoms with E-state index in [1.165, 1.54) is 16.8 Å². The first kappa shape index (κ1) is 20.2. The highest BCUT2D eigenvalue weighted by atomic mass is 32.2. The predicted molar refractivity (Wildman–Crippen MR) is 110 cm³/mol. The lowest BCUT2D eigenvalue weighted by molar-refractivity contribution is -0.384. The Kier molecular flexibility index (Phi) is 6.35. The van der Waals surface area contributed by atoms with Crippen LogP contribution in [0.15, 0.2) is 66.3 Å². The van der Waals surface area contributed by atoms with Crippen LogP contribution in [0.1, 0.15) is 16.4 Å². The quantitative estimate of drug-likeness (QED) is 0.261. The zero-order chi connectivity index (χ0) is 20.8. The first-order chi connectivity index (χ1) is 14.0. The number of allylic oxidation sites excluding steroid dienone is 1. The maximum Gasteiger partial charge on any atom is 0.293 e. The third-order valence-electron chi connectivity index (χ3n) is 3.97. The summed E-state index contributed by atoms with van der Waals surface area (Å²) in [5, 5.41) is 25.3. The Bertz CT molecular complexity index is 1040. The third-order valence-corrected chi connectivity index (χ3v) is 5.20. The van der Waals surface area contributed by atoms with E-state index >= 15 is 0 Å². The van der Waals surface area contributed by atoms with Crippen LogP contribution in [0.5, 0.6) is 0 Å². The summed E-state index contributed by atoms with van der Waals surface area (Å²) in [4.78, 5) is 24.0. The fraction of sp³-hybridized carbons (Fsp3) is 0.158. The predicted octanol–water partition coefficient (Wildman–Crippen LogP) is 3.55. The minimum atomic E-state index is -0.716. The zero-order valence-electron chi connectivity index (χ0n) is 15.6. The van der Waals surface area contributed by atoms with Gasteiger partial charge in [-0.2, -0.15) is 0 Å². The first-order valence-corrected chi connectivity index (χ1v) is 9.52. The number of nitro groups is 1. The van der Waals surface area contributed by atoms with Crippen molar-refractivity contribution in [2.75, 3.05) is 5.32 Å². The lowest BCUT2D eigenvalue weighted by atomic mass is 10.1. The van der Waals surface area contributed by atoms with E-state index in [4.69, 9.17) is 0 Å². The van der Waals surface area contributed by atoms with Crippen LogP contribution in [0, 0.1) is 17.0 Å². The number of anilines is 1. The second-order valence-corrected chi connectivity index (χ2v) is 7.18. The number of carbonyl (C=O) groups is 1. The van der Waals surface area contributed by atoms with Crippen LogP contribution in [0.25, 0.3) is 0 Å². The Labute approximate surface area is 171 Å². The molecule has 0 aliphatic heterocycles. The maximum absolute atomic E-state index is 13.1. The van der Waals surface area contributed by atoms with E-state index in [0.29, 0.717) is 11.7 Å². The Morgan fingerprint density at radius 3 is 2.79 bits per heavy atom. The Morgan fingerprint density at radius 1 is 1.34 bits per heavy atom. The molecule has 3 rings (SSSR count). The van der Waals surface area contributed by atoms with Gasteiger partial charge in [0.25, 0.3) is 5.69 Å². The molecule has 3 aromatic rings. The van der Waals surface area contributed by atoms with Gasteiger partial charge in [0.1, 0.15) is 10.9 Å². The molecule has 0 aliphatic rings. The number of tetrazole rings is 1. The Hall–Kier alpha value is -3.53. The molecule has 1 aromatic heterocycles. The van der Waals surface area contributed by atoms with Crippen LogP contribution in [0.4, 0.5) is 11.4 Å². The van der Waals surface area contributed by atoms with Crippen molar-refractivity contribution in [1.82, 2.24) is 20.2 Å². The molecule has 0 saturated heterocycles. The van der Waals surface area contributed by atoms with Gasteiger partial charge < -0.3 is 5.32 Å². The van der Waals surface area contributed by atoms with Gasteiger partial charge in [0.15, 0.2) is 0 Å². The molecule has 0 radical (unpaired) electrons. The van der Waals surface area contributed by atoms with Crippen molar-refractivity contribution < 1.29 is 9.72 Å². The lowest BCUT2D eigenvalue weighted by Gasteiger charge is -2.16. The molecule has 1 heterocycles. The van der Waals surface area contributed by atoms with Crippen molar-refractivity contribution in [1.29, 1.82) is 0 Å². The van der Waals surface area contributed by atoms with Crippen molar-refractivity contribution in [2.24, 2.45) is 0 Å². The summed E-state index contributed by atoms with van der Waals surface area (Å²) in [7, 11) is 0. The van der Waals surface area contributed by atoms with Crippen LogP contribution < -0.4 is 5.32 Å². The fourth-order valence-electron chi connectivity index (χ4n) is 2.62. The van der Waals surface area contributed by atoms with Crippen molar-refractivity contribution >= 4 is 29.0 Å². The summed E-state index contributed by atoms with van der Waals surface area (Å²) >= 11 is 1.16. The molecule has 0 fully saturated rings. The average molecular weight is 410 g/mol. The Balaban J connectivity index is 1.92. The summed E-state index contributed by atoms with van der Waals surface area (Å²) in [5.41, 5.74) is 1.43. The molecule has 0 aliphatic carbocycles. The van der Waals surface area contributed by atoms with Gasteiger partial charge in [-0.1, -0.05) is 54.2 Å². The van der Waals surface area contributed by atoms with Crippen molar-refractivity contribution in [3.8, 4) is 0 Å². The summed E-state index contributed by atoms with van der Waals surface area (Å²) in [6.07, 6.45) is 1.65. The van der Waals surface area contributed by atoms with Crippen molar-refractivity contribution in [2.45, 2.75) is 23.9 Å². The van der Waals surface area contributed by atoms with Crippen molar-refractivity contribution in [3.63, 3.8) is 0 Å². The summed E-state index contributed by atoms with van der Waals surface area (Å²) in [6, 6.07) is 13.7. The van der Waals surface area contributed by atoms with Gasteiger partial charge in [-0.25, -0.2) is 4.68 Å². The van der Waals surface area contributed by atoms with Crippen LogP contribution in [0.2, 0.25) is 0 Å². The number of rotatable bonds is 8. The van der Waals surface area contributed by atoms with Gasteiger partial charge in [0, 0.05) is 6.07 Å². The molecule has 1 atom stereocenters. The van der Waals surface area contributed by atoms with Gasteiger partial charge in [0.05, 0.1) is 11.5 Å². The number of hydrogen-bond acceptors (Lipinski definition) is 7. The summed E-state index contributed by atoms with van der Waals surface area (Å²) in [5.74, 6) is -0.415. The standard InChI is InChI=1S/C19H18N6O3S/c1-3-11-24-19(21-22-23-24)29-17(14-7-5-4-6-8-14)18(26)20-15-10-9-13(2)12-16(15)25(27)28/h3-10,12,17H,1,11H2,2H3,(H,20,26). The molecule has 0 spiro atoms. The van der Waals surface area contributed by atoms with Gasteiger partial charge >= 0.3 is 0 Å². The smallest absolute Gasteiger partial charge is 0.293 e. The normalized spacial score (nSPS) is 11.6. The lowest BCUT2D eigenvalue weighted by Crippen LogP contribution is -2.20. The molecular weight excluding hydrogens is 392 g/mol. The summed E-state index contributed by atoms with van der Waals surface area (Å²) < 4.78 is 1.52. The van der Waals surface area contributed by atoms with Crippen LogP contribution in [-0.4, -0.2) is 31.0 Å². The Morgan fingerprint density at radius 2 is 2.10 bits per heavy atom. The fourth-order valence-corrected chi connectivity index (χ4v) is 3.61. The number of thioether (sulfide) groups is 1. The number of benzene rings is 2. The molecule has 10 heteroatoms. The molecular formula is C19H18N6O3S. The maximum atomic E-state index is 13.1. The molecule has 0 saturated carbocycles. The molecule has 0 bridgehead atoms. The first-order valence-electron chi connectivity index (χ1n) is 8.64. The van der Waals surface area contributed by atoms with Crippen molar-refractivity contribution in [3.05, 3.63) is 82.4 Å². The molecule has 148 valence electrons. The highest BCUT2D eigenvalue weighted by Gasteiger charge is 2.27. The number of amides is 1. The van der Waals surface area contributed by atoms with Gasteiger partial charge in [0.2, 0.25) is 11.1 Å². The largest absolute Gasteiger partial charge is 0.319 e. The average Bonchev–Trinajstić information content (AvgIpc) is 3.15. The van der Waals surface area contributed by atoms with E-state index in [1.807, 2.05) is 30.3 Å². The highest BCUT2D eigenvalue weighted by Crippen LogP contribution is 2.36. The van der Waals surface area contributed by atoms with E-state index in [9.17, 15) is 14.9 Å². The van der Waals surface area contributed by atoms with E-state index in [2.05, 4.69) is 27.4 Å². The van der Waals surface area contributed by atoms with E-state index < -0.39 is 16.1 Å². The second kappa shape index (κ2) is 9.11. The van der Waals surface area contributed by atoms with E-state index in [1.54, 1.807) is 19.1 Å². The molecule has 29 heavy (non-hydrogen) atoms. The monoisotopic (exact) mass is 410 g/mol. The minimum Gasteiger partial charge on any atom is -0.319 e. The zero-order valence-corrected chi connectivity index (χ0v) is 16.4. The molecule has 2 aromatic carbocycles. The topological polar surface area (TPSA) is 116 Å².